The van der Waals surface area contributed by atoms with Gasteiger partial charge in [-0.05, 0) is 76.4 Å². The maximum atomic E-state index is 13.0. The summed E-state index contributed by atoms with van der Waals surface area (Å²) in [6.07, 6.45) is -8.57. The summed E-state index contributed by atoms with van der Waals surface area (Å²) in [6, 6.07) is 5.96. The van der Waals surface area contributed by atoms with Crippen molar-refractivity contribution < 1.29 is 62.7 Å². The summed E-state index contributed by atoms with van der Waals surface area (Å²) in [5.41, 5.74) is -3.57. The smallest absolute Gasteiger partial charge is 0.416 e. The van der Waals surface area contributed by atoms with Crippen LogP contribution >= 0.6 is 0 Å². The molecular weight excluding hydrogens is 698 g/mol. The number of nitrogens with one attached hydrogen (secondary N) is 2. The summed E-state index contributed by atoms with van der Waals surface area (Å²) in [5.74, 6) is -1.17. The third-order valence-electron chi connectivity index (χ3n) is 5.72. The number of alkyl halides is 6. The average molecular weight is 747 g/mol. The van der Waals surface area contributed by atoms with Crippen LogP contribution in [0.2, 0.25) is 0 Å². The van der Waals surface area contributed by atoms with E-state index in [1.54, 1.807) is 20.8 Å². The Kier molecular flexibility index (Phi) is 20.7. The third kappa shape index (κ3) is 19.0. The molecule has 0 aromatic heterocycles. The first kappa shape index (κ1) is 46.4. The predicted molar refractivity (Wildman–Crippen MR) is 175 cm³/mol. The van der Waals surface area contributed by atoms with E-state index in [0.717, 1.165) is 6.07 Å². The number of ether oxygens (including phenoxy) is 3. The second-order valence-corrected chi connectivity index (χ2v) is 12.4. The Morgan fingerprint density at radius 1 is 0.720 bits per heavy atom. The maximum Gasteiger partial charge on any atom is 0.416 e. The minimum atomic E-state index is -5.02. The normalized spacial score (nSPS) is 11.7. The summed E-state index contributed by atoms with van der Waals surface area (Å²) < 4.78 is 123. The van der Waals surface area contributed by atoms with Crippen molar-refractivity contribution in [2.75, 3.05) is 39.5 Å². The molecule has 0 spiro atoms. The van der Waals surface area contributed by atoms with E-state index in [4.69, 9.17) is 18.4 Å². The van der Waals surface area contributed by atoms with Gasteiger partial charge >= 0.3 is 18.4 Å². The molecule has 0 aliphatic heterocycles. The monoisotopic (exact) mass is 746 g/mol. The highest BCUT2D eigenvalue weighted by Crippen LogP contribution is 2.38. The second kappa shape index (κ2) is 22.3. The van der Waals surface area contributed by atoms with E-state index in [2.05, 4.69) is 10.6 Å². The summed E-state index contributed by atoms with van der Waals surface area (Å²) in [4.78, 5) is 23.8. The van der Waals surface area contributed by atoms with E-state index in [0.29, 0.717) is 44.5 Å². The molecule has 17 heteroatoms. The zero-order chi connectivity index (χ0) is 38.6. The topological polar surface area (TPSA) is 129 Å². The average Bonchev–Trinajstić information content (AvgIpc) is 3.04. The number of hydrogen-bond acceptors (Lipinski definition) is 8. The number of unbranched alkanes of at least 4 members (excludes halogenated alkanes) is 2. The number of rotatable bonds is 16. The molecule has 0 unspecified atom stereocenters. The molecule has 50 heavy (non-hydrogen) atoms. The molecule has 0 heterocycles. The first-order valence-electron chi connectivity index (χ1n) is 16.0. The van der Waals surface area contributed by atoms with Crippen LogP contribution in [0.25, 0.3) is 0 Å². The fourth-order valence-electron chi connectivity index (χ4n) is 3.63. The van der Waals surface area contributed by atoms with Crippen LogP contribution in [-0.2, 0) is 36.1 Å². The number of carbonyl (C=O) groups excluding carboxylic acids is 2. The van der Waals surface area contributed by atoms with Crippen molar-refractivity contribution in [3.8, 4) is 5.75 Å². The van der Waals surface area contributed by atoms with Crippen LogP contribution in [0.4, 0.5) is 31.1 Å². The van der Waals surface area contributed by atoms with Gasteiger partial charge in [0.05, 0.1) is 35.8 Å². The van der Waals surface area contributed by atoms with Crippen molar-refractivity contribution in [2.45, 2.75) is 90.6 Å². The standard InChI is InChI=1S/C29H36F6N2O8S.2C2H6/c1-27(2,3)45-26(39)37-11-6-4-5-10-36-25(38)20-8-7-9-24(16-20)46(40,41)44-15-13-42-12-14-43-23-18-21(28(30,31)32)17-22(19-23)29(33,34)35;2*1-2/h7-9,16-19H,4-6,10-15H2,1-3H3,(H,36,38)(H,37,39);2*1-2H3. The quantitative estimate of drug-likeness (QED) is 0.101. The van der Waals surface area contributed by atoms with Gasteiger partial charge in [0.25, 0.3) is 16.0 Å². The van der Waals surface area contributed by atoms with Gasteiger partial charge in [-0.1, -0.05) is 33.8 Å². The minimum absolute atomic E-state index is 0.0256. The van der Waals surface area contributed by atoms with Crippen molar-refractivity contribution in [2.24, 2.45) is 0 Å². The Morgan fingerprint density at radius 3 is 1.80 bits per heavy atom. The van der Waals surface area contributed by atoms with Crippen LogP contribution in [0.15, 0.2) is 47.4 Å². The van der Waals surface area contributed by atoms with Gasteiger partial charge in [-0.25, -0.2) is 4.79 Å². The summed E-state index contributed by atoms with van der Waals surface area (Å²) in [6.45, 7) is 12.5. The van der Waals surface area contributed by atoms with E-state index >= 15 is 0 Å². The number of amides is 2. The van der Waals surface area contributed by atoms with Gasteiger partial charge in [0.2, 0.25) is 0 Å². The Labute approximate surface area is 290 Å². The summed E-state index contributed by atoms with van der Waals surface area (Å²) >= 11 is 0. The van der Waals surface area contributed by atoms with Crippen LogP contribution < -0.4 is 15.4 Å². The second-order valence-electron chi connectivity index (χ2n) is 10.8. The Morgan fingerprint density at radius 2 is 1.26 bits per heavy atom. The van der Waals surface area contributed by atoms with Crippen molar-refractivity contribution in [3.05, 3.63) is 59.2 Å². The lowest BCUT2D eigenvalue weighted by Gasteiger charge is -2.19. The SMILES string of the molecule is CC.CC.CC(C)(C)OC(=O)NCCCCCNC(=O)c1cccc(S(=O)(=O)OCCOCCOc2cc(C(F)(F)F)cc(C(F)(F)F)c2)c1. The lowest BCUT2D eigenvalue weighted by atomic mass is 10.1. The zero-order valence-electron chi connectivity index (χ0n) is 29.3. The summed E-state index contributed by atoms with van der Waals surface area (Å²) in [5, 5.41) is 5.32. The van der Waals surface area contributed by atoms with E-state index in [-0.39, 0.29) is 29.7 Å². The molecule has 0 saturated heterocycles. The predicted octanol–water partition coefficient (Wildman–Crippen LogP) is 8.00. The maximum absolute atomic E-state index is 13.0. The largest absolute Gasteiger partial charge is 0.491 e. The minimum Gasteiger partial charge on any atom is -0.491 e. The molecule has 0 atom stereocenters. The number of hydrogen-bond donors (Lipinski definition) is 2. The molecular formula is C33H48F6N2O8S. The number of benzene rings is 2. The molecule has 286 valence electrons. The summed E-state index contributed by atoms with van der Waals surface area (Å²) in [7, 11) is -4.29. The van der Waals surface area contributed by atoms with Crippen LogP contribution in [0.1, 0.15) is 89.2 Å². The van der Waals surface area contributed by atoms with Gasteiger partial charge in [0.1, 0.15) is 18.0 Å². The van der Waals surface area contributed by atoms with E-state index in [1.807, 2.05) is 27.7 Å². The molecule has 0 radical (unpaired) electrons. The van der Waals surface area contributed by atoms with Gasteiger partial charge in [0.15, 0.2) is 0 Å². The fraction of sp³-hybridized carbons (Fsp3) is 0.576. The fourth-order valence-corrected chi connectivity index (χ4v) is 4.57. The van der Waals surface area contributed by atoms with Gasteiger partial charge in [-0.2, -0.15) is 34.8 Å². The van der Waals surface area contributed by atoms with Crippen LogP contribution in [0.5, 0.6) is 5.75 Å². The number of alkyl carbamates (subject to hydrolysis) is 1. The van der Waals surface area contributed by atoms with Crippen molar-refractivity contribution in [3.63, 3.8) is 0 Å². The molecule has 2 aromatic carbocycles. The van der Waals surface area contributed by atoms with Crippen molar-refractivity contribution >= 4 is 22.1 Å². The van der Waals surface area contributed by atoms with Gasteiger partial charge < -0.3 is 24.8 Å². The molecule has 10 nitrogen and oxygen atoms in total. The highest BCUT2D eigenvalue weighted by atomic mass is 32.2. The molecule has 2 aromatic rings. The molecule has 2 amide bonds. The highest BCUT2D eigenvalue weighted by molar-refractivity contribution is 7.86. The lowest BCUT2D eigenvalue weighted by Crippen LogP contribution is -2.33. The number of halogens is 6. The molecule has 0 fully saturated rings. The Hall–Kier alpha value is -3.57. The van der Waals surface area contributed by atoms with Gasteiger partial charge in [-0.3, -0.25) is 8.98 Å². The lowest BCUT2D eigenvalue weighted by molar-refractivity contribution is -0.143. The van der Waals surface area contributed by atoms with Gasteiger partial charge in [-0.15, -0.1) is 0 Å². The van der Waals surface area contributed by atoms with Crippen molar-refractivity contribution in [1.82, 2.24) is 10.6 Å². The molecule has 0 bridgehead atoms. The Bertz CT molecular complexity index is 1380. The van der Waals surface area contributed by atoms with E-state index in [1.165, 1.54) is 18.2 Å². The zero-order valence-corrected chi connectivity index (χ0v) is 30.2. The van der Waals surface area contributed by atoms with Crippen LogP contribution in [0.3, 0.4) is 0 Å². The van der Waals surface area contributed by atoms with Gasteiger partial charge in [0, 0.05) is 18.7 Å². The first-order valence-corrected chi connectivity index (χ1v) is 17.4. The first-order chi connectivity index (χ1) is 23.3. The van der Waals surface area contributed by atoms with E-state index < -0.39 is 70.2 Å². The Balaban J connectivity index is 0.00000578. The molecule has 2 rings (SSSR count). The third-order valence-corrected chi connectivity index (χ3v) is 7.02. The molecule has 0 aliphatic rings. The highest BCUT2D eigenvalue weighted by Gasteiger charge is 2.37. The molecule has 0 aliphatic carbocycles. The van der Waals surface area contributed by atoms with E-state index in [9.17, 15) is 44.3 Å². The molecule has 0 saturated carbocycles. The van der Waals surface area contributed by atoms with Crippen molar-refractivity contribution in [1.29, 1.82) is 0 Å². The molecule has 2 N–H and O–H groups in total. The number of carbonyl (C=O) groups is 2. The van der Waals surface area contributed by atoms with Crippen LogP contribution in [-0.4, -0.2) is 65.5 Å². The van der Waals surface area contributed by atoms with Crippen LogP contribution in [0, 0.1) is 0 Å².